The molecular weight excluding hydrogens is 396 g/mol. The topological polar surface area (TPSA) is 64.8 Å². The number of halogens is 1. The Hall–Kier alpha value is -2.03. The SMILES string of the molecule is CCn1[nH]c(=O)c(Cl)c1C(C1CCCCC1)N1CCC(C#N)(c2ccccc2)CC1. The number of piperidine rings is 1. The number of H-pyrrole nitrogens is 1. The summed E-state index contributed by atoms with van der Waals surface area (Å²) in [5.41, 5.74) is 1.44. The van der Waals surface area contributed by atoms with Crippen LogP contribution in [0, 0.1) is 17.2 Å². The minimum Gasteiger partial charge on any atom is -0.294 e. The summed E-state index contributed by atoms with van der Waals surface area (Å²) in [6, 6.07) is 13.0. The second-order valence-corrected chi connectivity index (χ2v) is 9.20. The van der Waals surface area contributed by atoms with Crippen LogP contribution in [0.3, 0.4) is 0 Å². The fourth-order valence-electron chi connectivity index (χ4n) is 5.56. The van der Waals surface area contributed by atoms with Gasteiger partial charge in [-0.1, -0.05) is 61.2 Å². The van der Waals surface area contributed by atoms with Crippen LogP contribution in [0.5, 0.6) is 0 Å². The Morgan fingerprint density at radius 3 is 2.47 bits per heavy atom. The van der Waals surface area contributed by atoms with Crippen molar-refractivity contribution in [2.45, 2.75) is 69.9 Å². The zero-order chi connectivity index (χ0) is 21.1. The average molecular weight is 427 g/mol. The third-order valence-electron chi connectivity index (χ3n) is 7.23. The molecule has 2 fully saturated rings. The monoisotopic (exact) mass is 426 g/mol. The van der Waals surface area contributed by atoms with Gasteiger partial charge in [0.15, 0.2) is 0 Å². The highest BCUT2D eigenvalue weighted by Crippen LogP contribution is 2.44. The maximum absolute atomic E-state index is 12.4. The lowest BCUT2D eigenvalue weighted by molar-refractivity contribution is 0.0736. The van der Waals surface area contributed by atoms with Crippen molar-refractivity contribution in [3.8, 4) is 6.07 Å². The third-order valence-corrected chi connectivity index (χ3v) is 7.59. The molecule has 1 aliphatic heterocycles. The van der Waals surface area contributed by atoms with E-state index in [0.717, 1.165) is 37.2 Å². The molecule has 1 N–H and O–H groups in total. The molecule has 4 rings (SSSR count). The maximum atomic E-state index is 12.4. The first-order valence-corrected chi connectivity index (χ1v) is 11.7. The van der Waals surface area contributed by atoms with Crippen LogP contribution in [0.4, 0.5) is 0 Å². The van der Waals surface area contributed by atoms with Crippen molar-refractivity contribution < 1.29 is 0 Å². The maximum Gasteiger partial charge on any atom is 0.283 e. The Kier molecular flexibility index (Phi) is 6.36. The van der Waals surface area contributed by atoms with Gasteiger partial charge in [-0.3, -0.25) is 19.5 Å². The molecule has 2 heterocycles. The zero-order valence-electron chi connectivity index (χ0n) is 17.7. The van der Waals surface area contributed by atoms with Gasteiger partial charge < -0.3 is 0 Å². The van der Waals surface area contributed by atoms with Crippen LogP contribution >= 0.6 is 11.6 Å². The fourth-order valence-corrected chi connectivity index (χ4v) is 5.81. The molecule has 0 spiro atoms. The van der Waals surface area contributed by atoms with Gasteiger partial charge in [-0.2, -0.15) is 5.26 Å². The van der Waals surface area contributed by atoms with E-state index in [0.29, 0.717) is 17.5 Å². The van der Waals surface area contributed by atoms with E-state index in [9.17, 15) is 10.1 Å². The number of hydrogen-bond acceptors (Lipinski definition) is 3. The molecule has 1 aromatic heterocycles. The number of hydrogen-bond donors (Lipinski definition) is 1. The molecule has 1 saturated heterocycles. The summed E-state index contributed by atoms with van der Waals surface area (Å²) in [6.45, 7) is 4.41. The molecule has 0 bridgehead atoms. The summed E-state index contributed by atoms with van der Waals surface area (Å²) < 4.78 is 1.94. The van der Waals surface area contributed by atoms with Crippen molar-refractivity contribution >= 4 is 11.6 Å². The Balaban J connectivity index is 1.65. The van der Waals surface area contributed by atoms with Crippen molar-refractivity contribution in [1.29, 1.82) is 5.26 Å². The summed E-state index contributed by atoms with van der Waals surface area (Å²) in [4.78, 5) is 14.8. The van der Waals surface area contributed by atoms with E-state index in [4.69, 9.17) is 11.6 Å². The quantitative estimate of drug-likeness (QED) is 0.729. The van der Waals surface area contributed by atoms with Gasteiger partial charge >= 0.3 is 0 Å². The summed E-state index contributed by atoms with van der Waals surface area (Å²) in [5, 5.41) is 13.3. The van der Waals surface area contributed by atoms with Gasteiger partial charge in [0.1, 0.15) is 5.02 Å². The Morgan fingerprint density at radius 2 is 1.87 bits per heavy atom. The minimum atomic E-state index is -0.429. The van der Waals surface area contributed by atoms with Crippen LogP contribution in [0.1, 0.15) is 69.2 Å². The molecule has 6 heteroatoms. The highest BCUT2D eigenvalue weighted by Gasteiger charge is 2.42. The summed E-state index contributed by atoms with van der Waals surface area (Å²) in [5.74, 6) is 0.496. The lowest BCUT2D eigenvalue weighted by atomic mass is 9.73. The van der Waals surface area contributed by atoms with Crippen LogP contribution in [0.15, 0.2) is 35.1 Å². The van der Waals surface area contributed by atoms with E-state index in [1.807, 2.05) is 29.8 Å². The van der Waals surface area contributed by atoms with E-state index in [1.165, 1.54) is 32.1 Å². The second kappa shape index (κ2) is 8.99. The van der Waals surface area contributed by atoms with Gasteiger partial charge in [-0.05, 0) is 44.1 Å². The van der Waals surface area contributed by atoms with Crippen LogP contribution in [-0.4, -0.2) is 27.8 Å². The number of rotatable bonds is 5. The summed E-state index contributed by atoms with van der Waals surface area (Å²) in [6.07, 6.45) is 7.70. The van der Waals surface area contributed by atoms with Gasteiger partial charge in [-0.15, -0.1) is 0 Å². The van der Waals surface area contributed by atoms with Gasteiger partial charge in [0.2, 0.25) is 0 Å². The van der Waals surface area contributed by atoms with Crippen LogP contribution < -0.4 is 5.56 Å². The molecule has 1 unspecified atom stereocenters. The normalized spacial score (nSPS) is 21.2. The molecule has 2 aliphatic rings. The van der Waals surface area contributed by atoms with Crippen molar-refractivity contribution in [2.75, 3.05) is 13.1 Å². The zero-order valence-corrected chi connectivity index (χ0v) is 18.5. The molecule has 0 amide bonds. The summed E-state index contributed by atoms with van der Waals surface area (Å²) >= 11 is 6.56. The molecule has 5 nitrogen and oxygen atoms in total. The van der Waals surface area contributed by atoms with Crippen LogP contribution in [0.2, 0.25) is 5.02 Å². The smallest absolute Gasteiger partial charge is 0.283 e. The first kappa shape index (κ1) is 21.2. The number of nitrogens with zero attached hydrogens (tertiary/aromatic N) is 3. The predicted molar refractivity (Wildman–Crippen MR) is 120 cm³/mol. The highest BCUT2D eigenvalue weighted by atomic mass is 35.5. The Morgan fingerprint density at radius 1 is 1.20 bits per heavy atom. The number of nitrogens with one attached hydrogen (secondary N) is 1. The number of nitriles is 1. The van der Waals surface area contributed by atoms with E-state index >= 15 is 0 Å². The average Bonchev–Trinajstić information content (AvgIpc) is 3.09. The molecule has 0 radical (unpaired) electrons. The predicted octanol–water partition coefficient (Wildman–Crippen LogP) is 5.03. The van der Waals surface area contributed by atoms with Crippen molar-refractivity contribution in [2.24, 2.45) is 5.92 Å². The van der Waals surface area contributed by atoms with E-state index in [1.54, 1.807) is 0 Å². The third kappa shape index (κ3) is 3.84. The number of aromatic nitrogens is 2. The van der Waals surface area contributed by atoms with Gasteiger partial charge in [0.05, 0.1) is 23.2 Å². The molecule has 1 atom stereocenters. The fraction of sp³-hybridized carbons (Fsp3) is 0.583. The molecule has 2 aromatic rings. The standard InChI is InChI=1S/C24H31ClN4O/c1-2-29-22(20(25)23(30)27-29)21(18-9-5-3-6-10-18)28-15-13-24(17-26,14-16-28)19-11-7-4-8-12-19/h4,7-8,11-12,18,21H,2-3,5-6,9-10,13-16H2,1H3,(H,27,30). The molecule has 30 heavy (non-hydrogen) atoms. The molecular formula is C24H31ClN4O. The number of likely N-dealkylation sites (tertiary alicyclic amines) is 1. The van der Waals surface area contributed by atoms with Crippen molar-refractivity contribution in [3.63, 3.8) is 0 Å². The molecule has 160 valence electrons. The molecule has 1 aliphatic carbocycles. The van der Waals surface area contributed by atoms with Gasteiger partial charge in [0.25, 0.3) is 5.56 Å². The molecule has 1 aromatic carbocycles. The molecule has 1 saturated carbocycles. The van der Waals surface area contributed by atoms with Gasteiger partial charge in [0, 0.05) is 19.6 Å². The number of benzene rings is 1. The second-order valence-electron chi connectivity index (χ2n) is 8.82. The number of aryl methyl sites for hydroxylation is 1. The lowest BCUT2D eigenvalue weighted by Gasteiger charge is -2.45. The first-order valence-electron chi connectivity index (χ1n) is 11.3. The minimum absolute atomic E-state index is 0.129. The highest BCUT2D eigenvalue weighted by molar-refractivity contribution is 6.31. The largest absolute Gasteiger partial charge is 0.294 e. The van der Waals surface area contributed by atoms with E-state index < -0.39 is 5.41 Å². The van der Waals surface area contributed by atoms with E-state index in [2.05, 4.69) is 28.2 Å². The van der Waals surface area contributed by atoms with Crippen molar-refractivity contribution in [3.05, 3.63) is 57.0 Å². The first-order chi connectivity index (χ1) is 14.6. The van der Waals surface area contributed by atoms with Crippen molar-refractivity contribution in [1.82, 2.24) is 14.7 Å². The Labute approximate surface area is 183 Å². The number of aromatic amines is 1. The summed E-state index contributed by atoms with van der Waals surface area (Å²) in [7, 11) is 0. The lowest BCUT2D eigenvalue weighted by Crippen LogP contribution is -2.46. The van der Waals surface area contributed by atoms with E-state index in [-0.39, 0.29) is 11.6 Å². The van der Waals surface area contributed by atoms with Gasteiger partial charge in [-0.25, -0.2) is 0 Å². The van der Waals surface area contributed by atoms with Crippen LogP contribution in [-0.2, 0) is 12.0 Å². The van der Waals surface area contributed by atoms with Crippen LogP contribution in [0.25, 0.3) is 0 Å². The Bertz CT molecular complexity index is 944.